The molecule has 1 amide bonds. The number of hydrogen-bond acceptors (Lipinski definition) is 2. The fraction of sp³-hybridized carbons (Fsp3) is 0.962. The summed E-state index contributed by atoms with van der Waals surface area (Å²) in [7, 11) is 0. The summed E-state index contributed by atoms with van der Waals surface area (Å²) >= 11 is 2.01. The molecule has 0 aromatic rings. The first kappa shape index (κ1) is 28.8. The Kier molecular flexibility index (Phi) is 23.9. The number of unbranched alkanes of at least 4 members (excludes halogenated alkanes) is 16. The highest BCUT2D eigenvalue weighted by atomic mass is 32.2. The zero-order valence-electron chi connectivity index (χ0n) is 20.2. The summed E-state index contributed by atoms with van der Waals surface area (Å²) in [5.74, 6) is 2.55. The molecule has 1 N–H and O–H groups in total. The number of nitrogens with one attached hydrogen (secondary N) is 1. The van der Waals surface area contributed by atoms with Crippen LogP contribution in [0.1, 0.15) is 143 Å². The van der Waals surface area contributed by atoms with E-state index in [-0.39, 0.29) is 5.91 Å². The number of hydrogen-bond donors (Lipinski definition) is 1. The maximum absolute atomic E-state index is 12.0. The van der Waals surface area contributed by atoms with Crippen molar-refractivity contribution in [2.45, 2.75) is 149 Å². The zero-order valence-corrected chi connectivity index (χ0v) is 21.1. The summed E-state index contributed by atoms with van der Waals surface area (Å²) in [4.78, 5) is 12.0. The highest BCUT2D eigenvalue weighted by molar-refractivity contribution is 7.99. The Morgan fingerprint density at radius 1 is 0.655 bits per heavy atom. The largest absolute Gasteiger partial charge is 0.353 e. The Balaban J connectivity index is 3.29. The van der Waals surface area contributed by atoms with Gasteiger partial charge in [0.15, 0.2) is 0 Å². The molecule has 3 heteroatoms. The van der Waals surface area contributed by atoms with Gasteiger partial charge in [-0.05, 0) is 25.5 Å². The Labute approximate surface area is 188 Å². The predicted octanol–water partition coefficient (Wildman–Crippen LogP) is 8.68. The van der Waals surface area contributed by atoms with Gasteiger partial charge in [0.25, 0.3) is 0 Å². The van der Waals surface area contributed by atoms with Crippen molar-refractivity contribution in [3.63, 3.8) is 0 Å². The van der Waals surface area contributed by atoms with E-state index in [9.17, 15) is 4.79 Å². The molecular formula is C26H53NOS. The smallest absolute Gasteiger partial charge is 0.220 e. The molecule has 0 saturated heterocycles. The van der Waals surface area contributed by atoms with Crippen molar-refractivity contribution in [2.75, 3.05) is 11.5 Å². The lowest BCUT2D eigenvalue weighted by atomic mass is 10.1. The first-order chi connectivity index (χ1) is 14.2. The van der Waals surface area contributed by atoms with Gasteiger partial charge < -0.3 is 5.32 Å². The van der Waals surface area contributed by atoms with E-state index in [0.29, 0.717) is 12.5 Å². The minimum Gasteiger partial charge on any atom is -0.353 e. The van der Waals surface area contributed by atoms with Crippen LogP contribution in [0.3, 0.4) is 0 Å². The fourth-order valence-electron chi connectivity index (χ4n) is 3.76. The van der Waals surface area contributed by atoms with Gasteiger partial charge in [-0.1, -0.05) is 117 Å². The van der Waals surface area contributed by atoms with Crippen LogP contribution in [-0.2, 0) is 4.79 Å². The molecule has 0 heterocycles. The van der Waals surface area contributed by atoms with Gasteiger partial charge in [-0.15, -0.1) is 0 Å². The molecule has 0 aliphatic heterocycles. The van der Waals surface area contributed by atoms with E-state index in [1.807, 2.05) is 11.8 Å². The summed E-state index contributed by atoms with van der Waals surface area (Å²) in [6.07, 6.45) is 25.1. The number of carbonyl (C=O) groups is 1. The third kappa shape index (κ3) is 24.0. The van der Waals surface area contributed by atoms with Crippen LogP contribution in [0.2, 0.25) is 0 Å². The summed E-state index contributed by atoms with van der Waals surface area (Å²) in [6, 6.07) is 0.310. The summed E-state index contributed by atoms with van der Waals surface area (Å²) in [6.45, 7) is 6.69. The lowest BCUT2D eigenvalue weighted by molar-refractivity contribution is -0.121. The third-order valence-electron chi connectivity index (χ3n) is 5.67. The van der Waals surface area contributed by atoms with Crippen LogP contribution in [0, 0.1) is 0 Å². The number of thioether (sulfide) groups is 1. The molecule has 0 fully saturated rings. The summed E-state index contributed by atoms with van der Waals surface area (Å²) < 4.78 is 0. The molecule has 0 aliphatic carbocycles. The van der Waals surface area contributed by atoms with E-state index in [4.69, 9.17) is 0 Å². The number of carbonyl (C=O) groups excluding carboxylic acids is 1. The quantitative estimate of drug-likeness (QED) is 0.165. The van der Waals surface area contributed by atoms with Gasteiger partial charge in [-0.25, -0.2) is 0 Å². The molecule has 0 spiro atoms. The minimum atomic E-state index is 0.253. The van der Waals surface area contributed by atoms with E-state index in [1.54, 1.807) is 0 Å². The minimum absolute atomic E-state index is 0.253. The Morgan fingerprint density at radius 3 is 1.55 bits per heavy atom. The molecule has 0 aromatic carbocycles. The molecule has 29 heavy (non-hydrogen) atoms. The van der Waals surface area contributed by atoms with Crippen molar-refractivity contribution < 1.29 is 4.79 Å². The molecule has 0 aliphatic rings. The Morgan fingerprint density at radius 2 is 1.07 bits per heavy atom. The third-order valence-corrected chi connectivity index (χ3v) is 6.99. The molecule has 1 unspecified atom stereocenters. The Hall–Kier alpha value is -0.180. The molecule has 0 aromatic heterocycles. The monoisotopic (exact) mass is 427 g/mol. The van der Waals surface area contributed by atoms with Crippen molar-refractivity contribution in [2.24, 2.45) is 0 Å². The molecule has 1 atom stereocenters. The molecular weight excluding hydrogens is 374 g/mol. The van der Waals surface area contributed by atoms with Crippen LogP contribution in [0.4, 0.5) is 0 Å². The molecule has 0 bridgehead atoms. The van der Waals surface area contributed by atoms with E-state index >= 15 is 0 Å². The van der Waals surface area contributed by atoms with Crippen LogP contribution in [0.25, 0.3) is 0 Å². The van der Waals surface area contributed by atoms with Gasteiger partial charge in [0.1, 0.15) is 0 Å². The van der Waals surface area contributed by atoms with Crippen molar-refractivity contribution in [1.82, 2.24) is 5.32 Å². The van der Waals surface area contributed by atoms with Gasteiger partial charge in [-0.3, -0.25) is 4.79 Å². The van der Waals surface area contributed by atoms with Crippen LogP contribution in [0.15, 0.2) is 0 Å². The van der Waals surface area contributed by atoms with E-state index < -0.39 is 0 Å². The predicted molar refractivity (Wildman–Crippen MR) is 134 cm³/mol. The van der Waals surface area contributed by atoms with Crippen molar-refractivity contribution in [3.05, 3.63) is 0 Å². The lowest BCUT2D eigenvalue weighted by Crippen LogP contribution is -2.34. The average Bonchev–Trinajstić information content (AvgIpc) is 2.70. The first-order valence-electron chi connectivity index (χ1n) is 13.1. The average molecular weight is 428 g/mol. The Bertz CT molecular complexity index is 335. The second-order valence-corrected chi connectivity index (χ2v) is 10.1. The maximum Gasteiger partial charge on any atom is 0.220 e. The van der Waals surface area contributed by atoms with E-state index in [1.165, 1.54) is 115 Å². The summed E-state index contributed by atoms with van der Waals surface area (Å²) in [5.41, 5.74) is 0. The van der Waals surface area contributed by atoms with Gasteiger partial charge >= 0.3 is 0 Å². The zero-order chi connectivity index (χ0) is 21.4. The normalized spacial score (nSPS) is 12.2. The van der Waals surface area contributed by atoms with Gasteiger partial charge in [-0.2, -0.15) is 11.8 Å². The van der Waals surface area contributed by atoms with Crippen LogP contribution in [-0.4, -0.2) is 23.5 Å². The van der Waals surface area contributed by atoms with Crippen molar-refractivity contribution >= 4 is 17.7 Å². The number of rotatable bonds is 23. The highest BCUT2D eigenvalue weighted by Gasteiger charge is 2.07. The number of amides is 1. The molecule has 0 radical (unpaired) electrons. The van der Waals surface area contributed by atoms with Crippen LogP contribution in [0.5, 0.6) is 0 Å². The second kappa shape index (κ2) is 24.1. The highest BCUT2D eigenvalue weighted by Crippen LogP contribution is 2.13. The van der Waals surface area contributed by atoms with Crippen LogP contribution < -0.4 is 5.32 Å². The van der Waals surface area contributed by atoms with Gasteiger partial charge in [0.2, 0.25) is 5.91 Å². The van der Waals surface area contributed by atoms with Gasteiger partial charge in [0, 0.05) is 18.2 Å². The van der Waals surface area contributed by atoms with E-state index in [2.05, 4.69) is 26.1 Å². The second-order valence-electron chi connectivity index (χ2n) is 8.95. The van der Waals surface area contributed by atoms with Crippen molar-refractivity contribution in [1.29, 1.82) is 0 Å². The molecule has 174 valence electrons. The van der Waals surface area contributed by atoms with E-state index in [0.717, 1.165) is 12.2 Å². The van der Waals surface area contributed by atoms with Crippen molar-refractivity contribution in [3.8, 4) is 0 Å². The maximum atomic E-state index is 12.0. The standard InChI is InChI=1S/C26H53NOS/c1-4-6-8-10-12-14-15-17-19-21-23-29-24-25(3)27-26(28)22-20-18-16-13-11-9-7-5-2/h25H,4-24H2,1-3H3,(H,27,28). The summed E-state index contributed by atoms with van der Waals surface area (Å²) in [5, 5.41) is 3.18. The van der Waals surface area contributed by atoms with Gasteiger partial charge in [0.05, 0.1) is 0 Å². The molecule has 0 saturated carbocycles. The SMILES string of the molecule is CCCCCCCCCCCCSCC(C)NC(=O)CCCCCCCCCC. The molecule has 0 rings (SSSR count). The lowest BCUT2D eigenvalue weighted by Gasteiger charge is -2.13. The van der Waals surface area contributed by atoms with Crippen LogP contribution >= 0.6 is 11.8 Å². The first-order valence-corrected chi connectivity index (χ1v) is 14.2. The molecule has 2 nitrogen and oxygen atoms in total. The fourth-order valence-corrected chi connectivity index (χ4v) is 4.77. The topological polar surface area (TPSA) is 29.1 Å².